The second-order valence-electron chi connectivity index (χ2n) is 4.92. The normalized spacial score (nSPS) is 13.8. The van der Waals surface area contributed by atoms with Crippen molar-refractivity contribution in [1.82, 2.24) is 0 Å². The summed E-state index contributed by atoms with van der Waals surface area (Å²) >= 11 is 0. The van der Waals surface area contributed by atoms with Gasteiger partial charge in [-0.2, -0.15) is 0 Å². The standard InChI is InChI=1S/C17H19N/c1-2-13-6-3-8-15(12-13)16-10-4-7-14-9-5-11-18-17(14)16/h3-4,6-8,10,12,18H,2,5,9,11H2,1H3. The molecule has 2 aromatic carbocycles. The average molecular weight is 237 g/mol. The molecule has 0 aliphatic carbocycles. The number of rotatable bonds is 2. The van der Waals surface area contributed by atoms with Crippen molar-refractivity contribution in [1.29, 1.82) is 0 Å². The molecule has 0 spiro atoms. The van der Waals surface area contributed by atoms with Crippen molar-refractivity contribution in [3.05, 3.63) is 53.6 Å². The predicted molar refractivity (Wildman–Crippen MR) is 78.1 cm³/mol. The zero-order valence-electron chi connectivity index (χ0n) is 10.9. The second-order valence-corrected chi connectivity index (χ2v) is 4.92. The van der Waals surface area contributed by atoms with Crippen molar-refractivity contribution < 1.29 is 0 Å². The summed E-state index contributed by atoms with van der Waals surface area (Å²) in [5, 5.41) is 3.57. The van der Waals surface area contributed by atoms with Crippen LogP contribution in [0.15, 0.2) is 42.5 Å². The third-order valence-corrected chi connectivity index (χ3v) is 3.72. The molecule has 0 aromatic heterocycles. The lowest BCUT2D eigenvalue weighted by Crippen LogP contribution is -2.12. The van der Waals surface area contributed by atoms with E-state index < -0.39 is 0 Å². The van der Waals surface area contributed by atoms with Gasteiger partial charge in [-0.3, -0.25) is 0 Å². The molecular formula is C17H19N. The van der Waals surface area contributed by atoms with Gasteiger partial charge in [-0.25, -0.2) is 0 Å². The topological polar surface area (TPSA) is 12.0 Å². The maximum atomic E-state index is 3.57. The molecule has 0 unspecified atom stereocenters. The quantitative estimate of drug-likeness (QED) is 0.822. The van der Waals surface area contributed by atoms with Gasteiger partial charge in [-0.1, -0.05) is 49.4 Å². The number of anilines is 1. The summed E-state index contributed by atoms with van der Waals surface area (Å²) in [4.78, 5) is 0. The fourth-order valence-corrected chi connectivity index (χ4v) is 2.71. The van der Waals surface area contributed by atoms with Crippen LogP contribution in [0.2, 0.25) is 0 Å². The number of aryl methyl sites for hydroxylation is 2. The summed E-state index contributed by atoms with van der Waals surface area (Å²) < 4.78 is 0. The minimum atomic E-state index is 1.09. The molecule has 18 heavy (non-hydrogen) atoms. The molecule has 3 rings (SSSR count). The van der Waals surface area contributed by atoms with Crippen LogP contribution >= 0.6 is 0 Å². The van der Waals surface area contributed by atoms with Gasteiger partial charge in [0.15, 0.2) is 0 Å². The molecule has 1 nitrogen and oxygen atoms in total. The van der Waals surface area contributed by atoms with Crippen molar-refractivity contribution in [3.8, 4) is 11.1 Å². The lowest BCUT2D eigenvalue weighted by Gasteiger charge is -2.21. The Morgan fingerprint density at radius 3 is 2.89 bits per heavy atom. The van der Waals surface area contributed by atoms with Crippen LogP contribution in [0, 0.1) is 0 Å². The van der Waals surface area contributed by atoms with E-state index in [-0.39, 0.29) is 0 Å². The molecule has 1 heteroatoms. The van der Waals surface area contributed by atoms with Crippen LogP contribution in [-0.4, -0.2) is 6.54 Å². The maximum absolute atomic E-state index is 3.57. The molecule has 2 aromatic rings. The average Bonchev–Trinajstić information content (AvgIpc) is 2.47. The Morgan fingerprint density at radius 2 is 2.00 bits per heavy atom. The largest absolute Gasteiger partial charge is 0.384 e. The molecule has 92 valence electrons. The van der Waals surface area contributed by atoms with Crippen LogP contribution in [0.1, 0.15) is 24.5 Å². The van der Waals surface area contributed by atoms with Crippen LogP contribution in [0.3, 0.4) is 0 Å². The number of para-hydroxylation sites is 1. The fraction of sp³-hybridized carbons (Fsp3) is 0.294. The number of nitrogens with one attached hydrogen (secondary N) is 1. The minimum Gasteiger partial charge on any atom is -0.384 e. The molecule has 1 aliphatic heterocycles. The van der Waals surface area contributed by atoms with Gasteiger partial charge < -0.3 is 5.32 Å². The Balaban J connectivity index is 2.10. The van der Waals surface area contributed by atoms with E-state index in [0.717, 1.165) is 13.0 Å². The Labute approximate surface area is 109 Å². The molecule has 0 bridgehead atoms. The van der Waals surface area contributed by atoms with Gasteiger partial charge in [0.25, 0.3) is 0 Å². The van der Waals surface area contributed by atoms with Gasteiger partial charge in [0.2, 0.25) is 0 Å². The Kier molecular flexibility index (Phi) is 3.06. The van der Waals surface area contributed by atoms with Gasteiger partial charge in [0.1, 0.15) is 0 Å². The van der Waals surface area contributed by atoms with Gasteiger partial charge >= 0.3 is 0 Å². The zero-order valence-corrected chi connectivity index (χ0v) is 10.9. The van der Waals surface area contributed by atoms with Crippen LogP contribution in [-0.2, 0) is 12.8 Å². The second kappa shape index (κ2) is 4.85. The van der Waals surface area contributed by atoms with E-state index >= 15 is 0 Å². The van der Waals surface area contributed by atoms with Crippen molar-refractivity contribution in [2.75, 3.05) is 11.9 Å². The molecule has 0 atom stereocenters. The van der Waals surface area contributed by atoms with Crippen molar-refractivity contribution in [2.45, 2.75) is 26.2 Å². The minimum absolute atomic E-state index is 1.09. The Bertz CT molecular complexity index is 557. The monoisotopic (exact) mass is 237 g/mol. The highest BCUT2D eigenvalue weighted by molar-refractivity contribution is 5.81. The van der Waals surface area contributed by atoms with Gasteiger partial charge in [-0.05, 0) is 36.0 Å². The zero-order chi connectivity index (χ0) is 12.4. The van der Waals surface area contributed by atoms with Gasteiger partial charge in [0.05, 0.1) is 0 Å². The third-order valence-electron chi connectivity index (χ3n) is 3.72. The molecular weight excluding hydrogens is 218 g/mol. The van der Waals surface area contributed by atoms with Crippen molar-refractivity contribution in [2.24, 2.45) is 0 Å². The molecule has 0 saturated heterocycles. The smallest absolute Gasteiger partial charge is 0.0452 e. The maximum Gasteiger partial charge on any atom is 0.0452 e. The highest BCUT2D eigenvalue weighted by Gasteiger charge is 2.13. The molecule has 0 amide bonds. The molecule has 1 aliphatic rings. The third kappa shape index (κ3) is 2.01. The molecule has 0 fully saturated rings. The van der Waals surface area contributed by atoms with E-state index in [0.29, 0.717) is 0 Å². The first kappa shape index (κ1) is 11.3. The number of fused-ring (bicyclic) bond motifs is 1. The fourth-order valence-electron chi connectivity index (χ4n) is 2.71. The SMILES string of the molecule is CCc1cccc(-c2cccc3c2NCCC3)c1. The Hall–Kier alpha value is -1.76. The summed E-state index contributed by atoms with van der Waals surface area (Å²) in [7, 11) is 0. The summed E-state index contributed by atoms with van der Waals surface area (Å²) in [5.74, 6) is 0. The summed E-state index contributed by atoms with van der Waals surface area (Å²) in [5.41, 5.74) is 6.89. The lowest BCUT2D eigenvalue weighted by molar-refractivity contribution is 0.831. The van der Waals surface area contributed by atoms with Crippen molar-refractivity contribution >= 4 is 5.69 Å². The highest BCUT2D eigenvalue weighted by Crippen LogP contribution is 2.34. The highest BCUT2D eigenvalue weighted by atomic mass is 14.9. The predicted octanol–water partition coefficient (Wildman–Crippen LogP) is 4.27. The summed E-state index contributed by atoms with van der Waals surface area (Å²) in [6, 6.07) is 15.5. The first-order valence-corrected chi connectivity index (χ1v) is 6.83. The molecule has 0 saturated carbocycles. The van der Waals surface area contributed by atoms with Crippen molar-refractivity contribution in [3.63, 3.8) is 0 Å². The van der Waals surface area contributed by atoms with E-state index in [1.54, 1.807) is 0 Å². The van der Waals surface area contributed by atoms with Gasteiger partial charge in [-0.15, -0.1) is 0 Å². The number of benzene rings is 2. The van der Waals surface area contributed by atoms with E-state index in [1.807, 2.05) is 0 Å². The van der Waals surface area contributed by atoms with Crippen LogP contribution < -0.4 is 5.32 Å². The first-order valence-electron chi connectivity index (χ1n) is 6.83. The van der Waals surface area contributed by atoms with Crippen LogP contribution in [0.5, 0.6) is 0 Å². The van der Waals surface area contributed by atoms with Gasteiger partial charge in [0, 0.05) is 17.8 Å². The summed E-state index contributed by atoms with van der Waals surface area (Å²) in [6.07, 6.45) is 3.53. The lowest BCUT2D eigenvalue weighted by atomic mass is 9.94. The van der Waals surface area contributed by atoms with E-state index in [4.69, 9.17) is 0 Å². The van der Waals surface area contributed by atoms with E-state index in [9.17, 15) is 0 Å². The number of hydrogen-bond acceptors (Lipinski definition) is 1. The van der Waals surface area contributed by atoms with Crippen LogP contribution in [0.25, 0.3) is 11.1 Å². The van der Waals surface area contributed by atoms with E-state index in [2.05, 4.69) is 54.7 Å². The van der Waals surface area contributed by atoms with E-state index in [1.165, 1.54) is 40.8 Å². The first-order chi connectivity index (χ1) is 8.88. The van der Waals surface area contributed by atoms with Crippen LogP contribution in [0.4, 0.5) is 5.69 Å². The molecule has 1 N–H and O–H groups in total. The number of hydrogen-bond donors (Lipinski definition) is 1. The summed E-state index contributed by atoms with van der Waals surface area (Å²) in [6.45, 7) is 3.30. The molecule has 1 heterocycles. The Morgan fingerprint density at radius 1 is 1.11 bits per heavy atom. The molecule has 0 radical (unpaired) electrons.